The van der Waals surface area contributed by atoms with Gasteiger partial charge in [-0.1, -0.05) is 12.1 Å². The molecule has 0 spiro atoms. The molecule has 3 aromatic rings. The second-order valence-corrected chi connectivity index (χ2v) is 4.81. The van der Waals surface area contributed by atoms with E-state index in [0.29, 0.717) is 11.3 Å². The van der Waals surface area contributed by atoms with Crippen molar-refractivity contribution in [2.75, 3.05) is 0 Å². The fourth-order valence-corrected chi connectivity index (χ4v) is 2.15. The first kappa shape index (κ1) is 15.1. The lowest BCUT2D eigenvalue weighted by atomic mass is 10.2. The highest BCUT2D eigenvalue weighted by Gasteiger charge is 2.33. The van der Waals surface area contributed by atoms with Crippen LogP contribution in [0.2, 0.25) is 0 Å². The molecule has 0 saturated heterocycles. The summed E-state index contributed by atoms with van der Waals surface area (Å²) >= 11 is 0. The second-order valence-electron chi connectivity index (χ2n) is 4.81. The molecule has 0 aliphatic rings. The van der Waals surface area contributed by atoms with Gasteiger partial charge in [-0.05, 0) is 31.2 Å². The monoisotopic (exact) mass is 322 g/mol. The SMILES string of the molecule is Cc1nc2ccc(F)cn2c1N=Nc1ccccc1C(F)(F)F. The van der Waals surface area contributed by atoms with Crippen molar-refractivity contribution in [2.45, 2.75) is 13.1 Å². The lowest BCUT2D eigenvalue weighted by Gasteiger charge is -2.08. The number of pyridine rings is 1. The van der Waals surface area contributed by atoms with Crippen LogP contribution in [0.15, 0.2) is 52.8 Å². The quantitative estimate of drug-likeness (QED) is 0.471. The van der Waals surface area contributed by atoms with Crippen molar-refractivity contribution in [3.63, 3.8) is 0 Å². The number of benzene rings is 1. The predicted molar refractivity (Wildman–Crippen MR) is 75.5 cm³/mol. The van der Waals surface area contributed by atoms with Crippen molar-refractivity contribution in [3.8, 4) is 0 Å². The van der Waals surface area contributed by atoms with Gasteiger partial charge >= 0.3 is 6.18 Å². The van der Waals surface area contributed by atoms with E-state index in [4.69, 9.17) is 0 Å². The Morgan fingerprint density at radius 3 is 2.52 bits per heavy atom. The van der Waals surface area contributed by atoms with Crippen LogP contribution in [0, 0.1) is 12.7 Å². The number of halogens is 4. The average Bonchev–Trinajstić information content (AvgIpc) is 2.79. The third-order valence-corrected chi connectivity index (χ3v) is 3.19. The molecule has 0 radical (unpaired) electrons. The number of alkyl halides is 3. The third kappa shape index (κ3) is 2.92. The summed E-state index contributed by atoms with van der Waals surface area (Å²) in [6.45, 7) is 1.62. The molecule has 0 saturated carbocycles. The van der Waals surface area contributed by atoms with Gasteiger partial charge in [-0.2, -0.15) is 13.2 Å². The minimum Gasteiger partial charge on any atom is -0.280 e. The molecule has 4 nitrogen and oxygen atoms in total. The van der Waals surface area contributed by atoms with E-state index < -0.39 is 17.6 Å². The summed E-state index contributed by atoms with van der Waals surface area (Å²) in [5.74, 6) is -0.335. The molecule has 0 atom stereocenters. The number of nitrogens with zero attached hydrogens (tertiary/aromatic N) is 4. The van der Waals surface area contributed by atoms with Crippen LogP contribution in [0.5, 0.6) is 0 Å². The smallest absolute Gasteiger partial charge is 0.280 e. The van der Waals surface area contributed by atoms with Gasteiger partial charge in [-0.25, -0.2) is 9.37 Å². The highest BCUT2D eigenvalue weighted by Crippen LogP contribution is 2.36. The highest BCUT2D eigenvalue weighted by molar-refractivity contribution is 5.52. The number of azo groups is 1. The Morgan fingerprint density at radius 2 is 1.78 bits per heavy atom. The highest BCUT2D eigenvalue weighted by atomic mass is 19.4. The molecular formula is C15H10F4N4. The lowest BCUT2D eigenvalue weighted by Crippen LogP contribution is -2.04. The summed E-state index contributed by atoms with van der Waals surface area (Å²) < 4.78 is 53.5. The molecule has 3 rings (SSSR count). The van der Waals surface area contributed by atoms with Crippen LogP contribution in [-0.2, 0) is 6.18 Å². The van der Waals surface area contributed by atoms with Gasteiger partial charge in [0.25, 0.3) is 0 Å². The Hall–Kier alpha value is -2.77. The second kappa shape index (κ2) is 5.45. The Balaban J connectivity index is 2.08. The summed E-state index contributed by atoms with van der Waals surface area (Å²) in [7, 11) is 0. The van der Waals surface area contributed by atoms with Crippen LogP contribution < -0.4 is 0 Å². The van der Waals surface area contributed by atoms with Gasteiger partial charge in [0.05, 0.1) is 16.9 Å². The number of aromatic nitrogens is 2. The molecule has 2 aromatic heterocycles. The maximum atomic E-state index is 13.3. The molecule has 0 N–H and O–H groups in total. The number of hydrogen-bond donors (Lipinski definition) is 0. The standard InChI is InChI=1S/C15H10F4N4/c1-9-14(23-8-10(16)6-7-13(23)20-9)22-21-12-5-3-2-4-11(12)15(17,18)19/h2-8H,1H3. The van der Waals surface area contributed by atoms with Crippen molar-refractivity contribution in [1.29, 1.82) is 0 Å². The van der Waals surface area contributed by atoms with Gasteiger partial charge in [0.2, 0.25) is 0 Å². The molecule has 0 amide bonds. The van der Waals surface area contributed by atoms with E-state index in [2.05, 4.69) is 15.2 Å². The summed E-state index contributed by atoms with van der Waals surface area (Å²) in [5, 5.41) is 7.52. The van der Waals surface area contributed by atoms with Crippen LogP contribution in [-0.4, -0.2) is 9.38 Å². The summed E-state index contributed by atoms with van der Waals surface area (Å²) in [4.78, 5) is 4.16. The molecule has 0 unspecified atom stereocenters. The molecule has 0 bridgehead atoms. The van der Waals surface area contributed by atoms with Crippen molar-refractivity contribution in [3.05, 3.63) is 59.7 Å². The van der Waals surface area contributed by atoms with Crippen LogP contribution >= 0.6 is 0 Å². The largest absolute Gasteiger partial charge is 0.418 e. The first-order valence-electron chi connectivity index (χ1n) is 6.58. The predicted octanol–water partition coefficient (Wildman–Crippen LogP) is 5.22. The number of imidazole rings is 1. The van der Waals surface area contributed by atoms with E-state index in [1.807, 2.05) is 0 Å². The summed E-state index contributed by atoms with van der Waals surface area (Å²) in [5.41, 5.74) is -0.335. The van der Waals surface area contributed by atoms with Crippen molar-refractivity contribution < 1.29 is 17.6 Å². The fourth-order valence-electron chi connectivity index (χ4n) is 2.15. The fraction of sp³-hybridized carbons (Fsp3) is 0.133. The van der Waals surface area contributed by atoms with Crippen LogP contribution in [0.4, 0.5) is 29.1 Å². The van der Waals surface area contributed by atoms with E-state index in [0.717, 1.165) is 12.3 Å². The Labute approximate surface area is 128 Å². The van der Waals surface area contributed by atoms with Gasteiger partial charge in [0.1, 0.15) is 11.5 Å². The van der Waals surface area contributed by atoms with Gasteiger partial charge in [0, 0.05) is 6.20 Å². The molecule has 0 aliphatic heterocycles. The van der Waals surface area contributed by atoms with Gasteiger partial charge in [0.15, 0.2) is 5.82 Å². The van der Waals surface area contributed by atoms with Crippen molar-refractivity contribution in [1.82, 2.24) is 9.38 Å². The maximum absolute atomic E-state index is 13.3. The normalized spacial score (nSPS) is 12.4. The molecule has 0 fully saturated rings. The maximum Gasteiger partial charge on any atom is 0.418 e. The molecule has 2 heterocycles. The Kier molecular flexibility index (Phi) is 3.59. The topological polar surface area (TPSA) is 42.0 Å². The Morgan fingerprint density at radius 1 is 1.04 bits per heavy atom. The number of hydrogen-bond acceptors (Lipinski definition) is 3. The van der Waals surface area contributed by atoms with E-state index in [-0.39, 0.29) is 11.5 Å². The molecule has 23 heavy (non-hydrogen) atoms. The number of fused-ring (bicyclic) bond motifs is 1. The van der Waals surface area contributed by atoms with Gasteiger partial charge in [-0.3, -0.25) is 4.40 Å². The zero-order valence-corrected chi connectivity index (χ0v) is 11.8. The van der Waals surface area contributed by atoms with Crippen molar-refractivity contribution in [2.24, 2.45) is 10.2 Å². The minimum atomic E-state index is -4.53. The lowest BCUT2D eigenvalue weighted by molar-refractivity contribution is -0.137. The van der Waals surface area contributed by atoms with E-state index in [1.165, 1.54) is 34.7 Å². The first-order valence-corrected chi connectivity index (χ1v) is 6.58. The molecule has 8 heteroatoms. The first-order chi connectivity index (χ1) is 10.9. The minimum absolute atomic E-state index is 0.177. The van der Waals surface area contributed by atoms with Crippen LogP contribution in [0.25, 0.3) is 5.65 Å². The van der Waals surface area contributed by atoms with Crippen LogP contribution in [0.3, 0.4) is 0 Å². The average molecular weight is 322 g/mol. The molecule has 1 aromatic carbocycles. The molecular weight excluding hydrogens is 312 g/mol. The van der Waals surface area contributed by atoms with Gasteiger partial charge in [-0.15, -0.1) is 10.2 Å². The van der Waals surface area contributed by atoms with E-state index in [1.54, 1.807) is 6.92 Å². The third-order valence-electron chi connectivity index (χ3n) is 3.19. The van der Waals surface area contributed by atoms with E-state index >= 15 is 0 Å². The summed E-state index contributed by atoms with van der Waals surface area (Å²) in [6, 6.07) is 7.54. The van der Waals surface area contributed by atoms with Crippen LogP contribution in [0.1, 0.15) is 11.3 Å². The molecule has 0 aliphatic carbocycles. The summed E-state index contributed by atoms with van der Waals surface area (Å²) in [6.07, 6.45) is -3.38. The van der Waals surface area contributed by atoms with E-state index in [9.17, 15) is 17.6 Å². The Bertz CT molecular complexity index is 896. The van der Waals surface area contributed by atoms with Gasteiger partial charge < -0.3 is 0 Å². The zero-order valence-electron chi connectivity index (χ0n) is 11.8. The van der Waals surface area contributed by atoms with Crippen molar-refractivity contribution >= 4 is 17.2 Å². The number of aryl methyl sites for hydroxylation is 1. The zero-order chi connectivity index (χ0) is 16.6. The molecule has 118 valence electrons. The number of rotatable bonds is 2.